The summed E-state index contributed by atoms with van der Waals surface area (Å²) in [5.74, 6) is 1.67. The molecule has 9 saturated carbocycles. The molecule has 9 fully saturated rings. The van der Waals surface area contributed by atoms with E-state index in [1.165, 1.54) is 27.7 Å². The Morgan fingerprint density at radius 3 is 1.86 bits per heavy atom. The van der Waals surface area contributed by atoms with Crippen LogP contribution >= 0.6 is 0 Å². The lowest BCUT2D eigenvalue weighted by atomic mass is 9.36. The first-order valence-corrected chi connectivity index (χ1v) is 23.2. The molecule has 10 nitrogen and oxygen atoms in total. The average Bonchev–Trinajstić information content (AvgIpc) is 3.63. The monoisotopic (exact) mass is 814 g/mol. The van der Waals surface area contributed by atoms with Gasteiger partial charge in [-0.3, -0.25) is 24.0 Å². The zero-order chi connectivity index (χ0) is 41.7. The smallest absolute Gasteiger partial charge is 0.303 e. The van der Waals surface area contributed by atoms with Gasteiger partial charge in [0.15, 0.2) is 0 Å². The van der Waals surface area contributed by atoms with Crippen LogP contribution in [0.3, 0.4) is 0 Å². The molecule has 0 amide bonds. The number of Topliss-reactive ketones (excluding diaryl/α,β-unsaturated/α-hetero) is 1. The number of hydrogen-bond acceptors (Lipinski definition) is 10. The van der Waals surface area contributed by atoms with Crippen molar-refractivity contribution in [3.8, 4) is 0 Å². The lowest BCUT2D eigenvalue weighted by Gasteiger charge is -2.69. The fourth-order valence-electron chi connectivity index (χ4n) is 18.7. The highest BCUT2D eigenvalue weighted by atomic mass is 16.6. The summed E-state index contributed by atoms with van der Waals surface area (Å²) in [6.07, 6.45) is 17.1. The minimum atomic E-state index is -0.745. The molecule has 0 radical (unpaired) electrons. The van der Waals surface area contributed by atoms with Gasteiger partial charge in [0.25, 0.3) is 0 Å². The molecule has 0 heterocycles. The Kier molecular flexibility index (Phi) is 9.00. The summed E-state index contributed by atoms with van der Waals surface area (Å²) >= 11 is 0. The normalized spacial score (nSPS) is 51.0. The molecular formula is C49H66O10. The Morgan fingerprint density at radius 2 is 1.27 bits per heavy atom. The predicted molar refractivity (Wildman–Crippen MR) is 215 cm³/mol. The second-order valence-corrected chi connectivity index (χ2v) is 21.9. The van der Waals surface area contributed by atoms with Crippen molar-refractivity contribution in [2.75, 3.05) is 7.11 Å². The highest BCUT2D eigenvalue weighted by molar-refractivity contribution is 5.90. The Labute approximate surface area is 349 Å². The van der Waals surface area contributed by atoms with Gasteiger partial charge in [0.1, 0.15) is 29.2 Å². The number of ketones is 1. The number of esters is 4. The van der Waals surface area contributed by atoms with E-state index < -0.39 is 22.2 Å². The van der Waals surface area contributed by atoms with E-state index in [0.717, 1.165) is 68.9 Å². The molecular weight excluding hydrogens is 749 g/mol. The van der Waals surface area contributed by atoms with E-state index in [2.05, 4.69) is 26.0 Å². The molecule has 2 bridgehead atoms. The zero-order valence-electron chi connectivity index (χ0n) is 36.4. The van der Waals surface area contributed by atoms with Crippen molar-refractivity contribution in [1.29, 1.82) is 0 Å². The SMILES string of the molecule is CO[C@]12CC(=O)C3(C(C[C@H]4CC5CC=C6C[C@@H](OC(C)=O)CC[C@]6(OC(C)=O)C5C[C@@]43C)C1)C1C[C@H]3[C@@H]4CC=C5C[C@@H](OC(C)=O)CC[C@]5(OC(C)=O)[C@H]4CC[C@]3(C)C12. The van der Waals surface area contributed by atoms with Crippen LogP contribution in [0.1, 0.15) is 144 Å². The predicted octanol–water partition coefficient (Wildman–Crippen LogP) is 8.18. The van der Waals surface area contributed by atoms with Crippen LogP contribution in [0, 0.1) is 69.5 Å². The Balaban J connectivity index is 1.03. The molecule has 0 aliphatic heterocycles. The molecule has 10 heteroatoms. The summed E-state index contributed by atoms with van der Waals surface area (Å²) < 4.78 is 31.4. The van der Waals surface area contributed by atoms with Crippen LogP contribution < -0.4 is 0 Å². The van der Waals surface area contributed by atoms with E-state index in [1.54, 1.807) is 0 Å². The third kappa shape index (κ3) is 5.22. The minimum absolute atomic E-state index is 0.0430. The summed E-state index contributed by atoms with van der Waals surface area (Å²) in [7, 11) is 1.87. The maximum Gasteiger partial charge on any atom is 0.303 e. The fourth-order valence-corrected chi connectivity index (χ4v) is 18.7. The number of ether oxygens (including phenoxy) is 5. The molecule has 0 aromatic carbocycles. The molecule has 11 rings (SSSR count). The van der Waals surface area contributed by atoms with Crippen LogP contribution in [0.2, 0.25) is 0 Å². The van der Waals surface area contributed by atoms with Gasteiger partial charge >= 0.3 is 23.9 Å². The first kappa shape index (κ1) is 40.1. The second-order valence-electron chi connectivity index (χ2n) is 21.9. The first-order valence-electron chi connectivity index (χ1n) is 23.2. The van der Waals surface area contributed by atoms with Crippen LogP contribution in [-0.2, 0) is 47.7 Å². The average molecular weight is 815 g/mol. The highest BCUT2D eigenvalue weighted by Crippen LogP contribution is 2.84. The molecule has 322 valence electrons. The standard InChI is InChI=1S/C49H66O10/c1-26(50)56-35-12-16-47(58-28(3)52)32(21-35)10-11-37-38(47)14-15-44(5)39(37)22-40-43(44)46(55-7)23-34-19-33-18-30-8-9-31-20-36(57-27(2)51)13-17-48(31,59-29(4)53)41(30)24-45(33,6)49(34,40)42(54)25-46/h9-10,30,33-41,43H,8,11-25H2,1-7H3/t30?,33-,34?,35+,36+,37-,38+,39+,40?,41?,43?,44+,45+,46+,47-,48-,49?/m1/s1. The van der Waals surface area contributed by atoms with E-state index in [0.29, 0.717) is 74.4 Å². The third-order valence-electron chi connectivity index (χ3n) is 19.9. The van der Waals surface area contributed by atoms with Gasteiger partial charge in [-0.25, -0.2) is 0 Å². The van der Waals surface area contributed by atoms with Gasteiger partial charge in [-0.1, -0.05) is 26.0 Å². The molecule has 11 aliphatic rings. The Hall–Kier alpha value is -3.01. The van der Waals surface area contributed by atoms with E-state index in [1.807, 2.05) is 7.11 Å². The number of hydrogen-bond donors (Lipinski definition) is 0. The summed E-state index contributed by atoms with van der Waals surface area (Å²) in [5, 5.41) is 0. The summed E-state index contributed by atoms with van der Waals surface area (Å²) in [6.45, 7) is 11.0. The molecule has 59 heavy (non-hydrogen) atoms. The van der Waals surface area contributed by atoms with Crippen LogP contribution in [0.25, 0.3) is 0 Å². The van der Waals surface area contributed by atoms with Gasteiger partial charge in [0, 0.05) is 71.3 Å². The van der Waals surface area contributed by atoms with Crippen molar-refractivity contribution in [3.63, 3.8) is 0 Å². The number of methoxy groups -OCH3 is 1. The number of fused-ring (bicyclic) bond motifs is 10. The lowest BCUT2D eigenvalue weighted by molar-refractivity contribution is -0.245. The van der Waals surface area contributed by atoms with Gasteiger partial charge in [0.2, 0.25) is 0 Å². The molecule has 11 aliphatic carbocycles. The van der Waals surface area contributed by atoms with E-state index in [-0.39, 0.29) is 76.5 Å². The maximum absolute atomic E-state index is 15.6. The molecule has 0 saturated heterocycles. The Bertz CT molecular complexity index is 1930. The zero-order valence-corrected chi connectivity index (χ0v) is 36.4. The van der Waals surface area contributed by atoms with Crippen LogP contribution in [0.15, 0.2) is 23.3 Å². The number of rotatable bonds is 5. The Morgan fingerprint density at radius 1 is 0.661 bits per heavy atom. The highest BCUT2D eigenvalue weighted by Gasteiger charge is 2.83. The van der Waals surface area contributed by atoms with Crippen molar-refractivity contribution in [3.05, 3.63) is 23.3 Å². The van der Waals surface area contributed by atoms with Gasteiger partial charge in [-0.05, 0) is 147 Å². The van der Waals surface area contributed by atoms with Crippen molar-refractivity contribution in [2.45, 2.75) is 173 Å². The molecule has 17 atom stereocenters. The number of allylic oxidation sites excluding steroid dienone is 2. The van der Waals surface area contributed by atoms with Gasteiger partial charge in [-0.15, -0.1) is 0 Å². The quantitative estimate of drug-likeness (QED) is 0.152. The topological polar surface area (TPSA) is 132 Å². The van der Waals surface area contributed by atoms with Crippen molar-refractivity contribution in [1.82, 2.24) is 0 Å². The lowest BCUT2D eigenvalue weighted by Crippen LogP contribution is -2.71. The van der Waals surface area contributed by atoms with Gasteiger partial charge in [-0.2, -0.15) is 0 Å². The van der Waals surface area contributed by atoms with Gasteiger partial charge < -0.3 is 23.7 Å². The molecule has 6 unspecified atom stereocenters. The molecule has 0 N–H and O–H groups in total. The number of carbonyl (C=O) groups is 5. The van der Waals surface area contributed by atoms with Crippen molar-refractivity contribution in [2.24, 2.45) is 69.5 Å². The minimum Gasteiger partial charge on any atom is -0.462 e. The third-order valence-corrected chi connectivity index (χ3v) is 19.9. The molecule has 0 aromatic heterocycles. The fraction of sp³-hybridized carbons (Fsp3) is 0.816. The van der Waals surface area contributed by atoms with Crippen LogP contribution in [0.4, 0.5) is 0 Å². The summed E-state index contributed by atoms with van der Waals surface area (Å²) in [5.41, 5.74) is -0.488. The first-order chi connectivity index (χ1) is 28.0. The summed E-state index contributed by atoms with van der Waals surface area (Å²) in [6, 6.07) is 0. The largest absolute Gasteiger partial charge is 0.462 e. The van der Waals surface area contributed by atoms with E-state index >= 15 is 4.79 Å². The van der Waals surface area contributed by atoms with Crippen LogP contribution in [-0.4, -0.2) is 65.8 Å². The van der Waals surface area contributed by atoms with Crippen molar-refractivity contribution < 1.29 is 47.7 Å². The number of carbonyl (C=O) groups excluding carboxylic acids is 5. The van der Waals surface area contributed by atoms with E-state index in [9.17, 15) is 19.2 Å². The van der Waals surface area contributed by atoms with Crippen LogP contribution in [0.5, 0.6) is 0 Å². The maximum atomic E-state index is 15.6. The summed E-state index contributed by atoms with van der Waals surface area (Å²) in [4.78, 5) is 65.7. The molecule has 0 aromatic rings. The van der Waals surface area contributed by atoms with E-state index in [4.69, 9.17) is 23.7 Å². The van der Waals surface area contributed by atoms with Crippen molar-refractivity contribution >= 4 is 29.7 Å². The second kappa shape index (κ2) is 13.2. The molecule has 1 spiro atoms. The van der Waals surface area contributed by atoms with Gasteiger partial charge in [0.05, 0.1) is 5.60 Å².